The number of benzene rings is 11. The van der Waals surface area contributed by atoms with Gasteiger partial charge in [-0.05, 0) is 139 Å². The first-order valence-electron chi connectivity index (χ1n) is 22.7. The zero-order valence-electron chi connectivity index (χ0n) is 36.3. The molecular weight excluding hydrogens is 797 g/mol. The second-order valence-corrected chi connectivity index (χ2v) is 16.9. The summed E-state index contributed by atoms with van der Waals surface area (Å²) in [7, 11) is 0. The van der Waals surface area contributed by atoms with Gasteiger partial charge in [0.15, 0.2) is 0 Å². The van der Waals surface area contributed by atoms with Crippen molar-refractivity contribution < 1.29 is 0 Å². The van der Waals surface area contributed by atoms with Gasteiger partial charge in [0, 0.05) is 33.5 Å². The van der Waals surface area contributed by atoms with Gasteiger partial charge in [0.05, 0.1) is 11.0 Å². The highest BCUT2D eigenvalue weighted by molar-refractivity contribution is 6.12. The molecule has 0 saturated carbocycles. The van der Waals surface area contributed by atoms with Gasteiger partial charge in [-0.2, -0.15) is 0 Å². The third-order valence-electron chi connectivity index (χ3n) is 13.0. The molecule has 0 saturated heterocycles. The lowest BCUT2D eigenvalue weighted by Crippen LogP contribution is -2.09. The summed E-state index contributed by atoms with van der Waals surface area (Å²) in [5, 5.41) is 4.98. The zero-order valence-corrected chi connectivity index (χ0v) is 36.3. The normalized spacial score (nSPS) is 11.3. The molecule has 310 valence electrons. The molecule has 2 nitrogen and oxygen atoms in total. The Morgan fingerprint density at radius 2 is 0.667 bits per heavy atom. The van der Waals surface area contributed by atoms with E-state index in [1.165, 1.54) is 93.9 Å². The van der Waals surface area contributed by atoms with Crippen LogP contribution in [0.5, 0.6) is 0 Å². The van der Waals surface area contributed by atoms with Crippen LogP contribution in [0.2, 0.25) is 0 Å². The Labute approximate surface area is 385 Å². The third kappa shape index (κ3) is 7.02. The minimum Gasteiger partial charge on any atom is -0.311 e. The van der Waals surface area contributed by atoms with Crippen molar-refractivity contribution in [1.29, 1.82) is 0 Å². The molecule has 0 amide bonds. The van der Waals surface area contributed by atoms with E-state index >= 15 is 0 Å². The Morgan fingerprint density at radius 1 is 0.227 bits per heavy atom. The molecule has 0 atom stereocenters. The van der Waals surface area contributed by atoms with Crippen molar-refractivity contribution in [2.75, 3.05) is 4.90 Å². The van der Waals surface area contributed by atoms with Crippen molar-refractivity contribution in [1.82, 2.24) is 4.57 Å². The molecule has 0 radical (unpaired) electrons. The van der Waals surface area contributed by atoms with Gasteiger partial charge in [-0.25, -0.2) is 0 Å². The fourth-order valence-corrected chi connectivity index (χ4v) is 9.89. The van der Waals surface area contributed by atoms with Gasteiger partial charge in [0.25, 0.3) is 0 Å². The van der Waals surface area contributed by atoms with E-state index in [9.17, 15) is 0 Å². The van der Waals surface area contributed by atoms with Crippen molar-refractivity contribution >= 4 is 49.6 Å². The number of rotatable bonds is 9. The highest BCUT2D eigenvalue weighted by Gasteiger charge is 2.17. The quantitative estimate of drug-likeness (QED) is 0.141. The summed E-state index contributed by atoms with van der Waals surface area (Å²) in [5.41, 5.74) is 19.0. The maximum absolute atomic E-state index is 2.38. The van der Waals surface area contributed by atoms with Crippen LogP contribution in [0.3, 0.4) is 0 Å². The summed E-state index contributed by atoms with van der Waals surface area (Å²) in [6.07, 6.45) is 0. The molecule has 0 spiro atoms. The van der Waals surface area contributed by atoms with Crippen molar-refractivity contribution in [3.63, 3.8) is 0 Å². The van der Waals surface area contributed by atoms with E-state index in [1.54, 1.807) is 0 Å². The number of fused-ring (bicyclic) bond motifs is 4. The van der Waals surface area contributed by atoms with Gasteiger partial charge in [-0.1, -0.05) is 194 Å². The number of para-hydroxylation sites is 3. The predicted molar refractivity (Wildman–Crippen MR) is 280 cm³/mol. The standard InChI is InChI=1S/C64H44N2/c1-4-17-46(18-5-1)55-25-10-11-26-56(55)49-20-16-19-48(43-49)45-31-36-53(37-32-45)65(51-21-6-2-7-22-51)54-38-33-47(34-39-54)57-40-41-58(60-28-13-12-27-59(57)60)50-35-42-64-62(44-50)61-29-14-15-30-63(61)66(64)52-23-8-3-9-24-52/h1-44H. The second-order valence-electron chi connectivity index (χ2n) is 16.9. The minimum absolute atomic E-state index is 1.10. The zero-order chi connectivity index (χ0) is 43.8. The average Bonchev–Trinajstić information content (AvgIpc) is 3.73. The van der Waals surface area contributed by atoms with Crippen LogP contribution in [0.25, 0.3) is 93.9 Å². The fourth-order valence-electron chi connectivity index (χ4n) is 9.89. The smallest absolute Gasteiger partial charge is 0.0541 e. The molecule has 66 heavy (non-hydrogen) atoms. The van der Waals surface area contributed by atoms with Gasteiger partial charge in [-0.15, -0.1) is 0 Å². The molecule has 1 heterocycles. The van der Waals surface area contributed by atoms with Crippen LogP contribution in [0, 0.1) is 0 Å². The van der Waals surface area contributed by atoms with Crippen molar-refractivity contribution in [3.05, 3.63) is 267 Å². The number of aromatic nitrogens is 1. The molecule has 12 rings (SSSR count). The summed E-state index contributed by atoms with van der Waals surface area (Å²) in [6, 6.07) is 96.7. The second kappa shape index (κ2) is 16.8. The average molecular weight is 841 g/mol. The summed E-state index contributed by atoms with van der Waals surface area (Å²) in [4.78, 5) is 2.34. The fraction of sp³-hybridized carbons (Fsp3) is 0. The van der Waals surface area contributed by atoms with E-state index in [0.29, 0.717) is 0 Å². The van der Waals surface area contributed by atoms with Crippen LogP contribution in [0.4, 0.5) is 17.1 Å². The number of hydrogen-bond acceptors (Lipinski definition) is 1. The van der Waals surface area contributed by atoms with Gasteiger partial charge in [-0.3, -0.25) is 0 Å². The Morgan fingerprint density at radius 3 is 1.35 bits per heavy atom. The number of nitrogens with zero attached hydrogens (tertiary/aromatic N) is 2. The van der Waals surface area contributed by atoms with Crippen molar-refractivity contribution in [2.24, 2.45) is 0 Å². The summed E-state index contributed by atoms with van der Waals surface area (Å²) in [6.45, 7) is 0. The molecule has 11 aromatic carbocycles. The Bertz CT molecular complexity index is 3660. The van der Waals surface area contributed by atoms with Crippen LogP contribution < -0.4 is 4.90 Å². The van der Waals surface area contributed by atoms with E-state index in [1.807, 2.05) is 0 Å². The van der Waals surface area contributed by atoms with E-state index in [2.05, 4.69) is 276 Å². The first-order chi connectivity index (χ1) is 32.7. The van der Waals surface area contributed by atoms with Crippen molar-refractivity contribution in [2.45, 2.75) is 0 Å². The van der Waals surface area contributed by atoms with Crippen LogP contribution in [0.1, 0.15) is 0 Å². The van der Waals surface area contributed by atoms with Crippen LogP contribution >= 0.6 is 0 Å². The molecule has 0 aliphatic rings. The van der Waals surface area contributed by atoms with E-state index < -0.39 is 0 Å². The molecule has 0 unspecified atom stereocenters. The molecule has 1 aromatic heterocycles. The molecule has 0 N–H and O–H groups in total. The highest BCUT2D eigenvalue weighted by Crippen LogP contribution is 2.42. The van der Waals surface area contributed by atoms with Crippen molar-refractivity contribution in [3.8, 4) is 61.3 Å². The largest absolute Gasteiger partial charge is 0.311 e. The lowest BCUT2D eigenvalue weighted by atomic mass is 9.91. The van der Waals surface area contributed by atoms with Gasteiger partial charge >= 0.3 is 0 Å². The summed E-state index contributed by atoms with van der Waals surface area (Å²) < 4.78 is 2.38. The van der Waals surface area contributed by atoms with E-state index in [4.69, 9.17) is 0 Å². The van der Waals surface area contributed by atoms with Crippen LogP contribution in [-0.2, 0) is 0 Å². The topological polar surface area (TPSA) is 8.17 Å². The minimum atomic E-state index is 1.10. The van der Waals surface area contributed by atoms with E-state index in [-0.39, 0.29) is 0 Å². The molecule has 2 heteroatoms. The molecule has 0 fully saturated rings. The molecule has 12 aromatic rings. The first kappa shape index (κ1) is 38.9. The van der Waals surface area contributed by atoms with Gasteiger partial charge in [0.1, 0.15) is 0 Å². The monoisotopic (exact) mass is 840 g/mol. The SMILES string of the molecule is c1ccc(-c2ccccc2-c2cccc(-c3ccc(N(c4ccccc4)c4ccc(-c5ccc(-c6ccc7c(c6)c6ccccc6n7-c6ccccc6)c6ccccc56)cc4)cc3)c2)cc1. The summed E-state index contributed by atoms with van der Waals surface area (Å²) >= 11 is 0. The number of hydrogen-bond donors (Lipinski definition) is 0. The maximum Gasteiger partial charge on any atom is 0.0541 e. The number of anilines is 3. The Balaban J connectivity index is 0.872. The Kier molecular flexibility index (Phi) is 9.89. The lowest BCUT2D eigenvalue weighted by Gasteiger charge is -2.26. The Hall–Kier alpha value is -8.72. The van der Waals surface area contributed by atoms with E-state index in [0.717, 1.165) is 17.1 Å². The molecule has 0 aliphatic carbocycles. The van der Waals surface area contributed by atoms with Gasteiger partial charge in [0.2, 0.25) is 0 Å². The molecule has 0 bridgehead atoms. The highest BCUT2D eigenvalue weighted by atomic mass is 15.1. The first-order valence-corrected chi connectivity index (χ1v) is 22.7. The summed E-state index contributed by atoms with van der Waals surface area (Å²) in [5.74, 6) is 0. The lowest BCUT2D eigenvalue weighted by molar-refractivity contribution is 1.18. The van der Waals surface area contributed by atoms with Crippen LogP contribution in [0.15, 0.2) is 267 Å². The van der Waals surface area contributed by atoms with Gasteiger partial charge < -0.3 is 9.47 Å². The molecule has 0 aliphatic heterocycles. The predicted octanol–water partition coefficient (Wildman–Crippen LogP) is 17.7. The maximum atomic E-state index is 2.38. The molecular formula is C64H44N2. The third-order valence-corrected chi connectivity index (χ3v) is 13.0. The van der Waals surface area contributed by atoms with Crippen LogP contribution in [-0.4, -0.2) is 4.57 Å².